The van der Waals surface area contributed by atoms with Crippen LogP contribution in [0.4, 0.5) is 5.69 Å². The molecular weight excluding hydrogens is 326 g/mol. The van der Waals surface area contributed by atoms with Gasteiger partial charge in [-0.25, -0.2) is 13.2 Å². The fourth-order valence-electron chi connectivity index (χ4n) is 1.82. The fraction of sp³-hybridized carbons (Fsp3) is 0.133. The van der Waals surface area contributed by atoms with Crippen LogP contribution in [0.5, 0.6) is 0 Å². The van der Waals surface area contributed by atoms with Crippen molar-refractivity contribution in [2.45, 2.75) is 11.8 Å². The Morgan fingerprint density at radius 3 is 2.45 bits per heavy atom. The van der Waals surface area contributed by atoms with Crippen molar-refractivity contribution in [3.05, 3.63) is 59.1 Å². The lowest BCUT2D eigenvalue weighted by atomic mass is 10.2. The third kappa shape index (κ3) is 3.58. The summed E-state index contributed by atoms with van der Waals surface area (Å²) in [6.07, 6.45) is 0. The number of sulfonamides is 1. The molecule has 0 heterocycles. The molecule has 0 amide bonds. The zero-order valence-electron chi connectivity index (χ0n) is 11.7. The minimum Gasteiger partial charge on any atom is -0.462 e. The number of carbonyl (C=O) groups is 1. The van der Waals surface area contributed by atoms with E-state index in [0.29, 0.717) is 0 Å². The molecule has 116 valence electrons. The van der Waals surface area contributed by atoms with Gasteiger partial charge in [-0.3, -0.25) is 4.72 Å². The Kier molecular flexibility index (Phi) is 5.05. The van der Waals surface area contributed by atoms with Gasteiger partial charge in [0.2, 0.25) is 0 Å². The predicted octanol–water partition coefficient (Wildman–Crippen LogP) is 3.32. The number of rotatable bonds is 5. The van der Waals surface area contributed by atoms with Crippen LogP contribution in [-0.2, 0) is 14.8 Å². The molecule has 7 heteroatoms. The Hall–Kier alpha value is -2.05. The Morgan fingerprint density at radius 1 is 1.14 bits per heavy atom. The number of esters is 1. The van der Waals surface area contributed by atoms with Crippen molar-refractivity contribution >= 4 is 33.3 Å². The summed E-state index contributed by atoms with van der Waals surface area (Å²) in [4.78, 5) is 11.8. The molecule has 0 fully saturated rings. The van der Waals surface area contributed by atoms with Gasteiger partial charge in [0.15, 0.2) is 0 Å². The first-order valence-corrected chi connectivity index (χ1v) is 8.35. The molecule has 0 aliphatic rings. The largest absolute Gasteiger partial charge is 0.462 e. The van der Waals surface area contributed by atoms with Crippen molar-refractivity contribution in [1.82, 2.24) is 0 Å². The highest BCUT2D eigenvalue weighted by Gasteiger charge is 2.21. The van der Waals surface area contributed by atoms with Gasteiger partial charge in [-0.05, 0) is 31.2 Å². The number of carbonyl (C=O) groups excluding carboxylic acids is 1. The van der Waals surface area contributed by atoms with Gasteiger partial charge < -0.3 is 4.74 Å². The molecule has 0 aromatic heterocycles. The number of hydrogen-bond donors (Lipinski definition) is 1. The number of nitrogens with one attached hydrogen (secondary N) is 1. The number of hydrogen-bond acceptors (Lipinski definition) is 4. The summed E-state index contributed by atoms with van der Waals surface area (Å²) in [7, 11) is -3.90. The van der Waals surface area contributed by atoms with Crippen LogP contribution in [0.15, 0.2) is 53.4 Å². The fourth-order valence-corrected chi connectivity index (χ4v) is 3.42. The van der Waals surface area contributed by atoms with Crippen molar-refractivity contribution < 1.29 is 17.9 Å². The third-order valence-corrected chi connectivity index (χ3v) is 4.66. The summed E-state index contributed by atoms with van der Waals surface area (Å²) in [5, 5.41) is 0.101. The summed E-state index contributed by atoms with van der Waals surface area (Å²) in [5.41, 5.74) is 0.279. The Bertz CT molecular complexity index is 790. The zero-order valence-corrected chi connectivity index (χ0v) is 13.3. The molecule has 0 aliphatic carbocycles. The zero-order chi connectivity index (χ0) is 16.2. The Labute approximate surface area is 133 Å². The van der Waals surface area contributed by atoms with E-state index < -0.39 is 16.0 Å². The van der Waals surface area contributed by atoms with Crippen molar-refractivity contribution in [1.29, 1.82) is 0 Å². The molecule has 0 saturated carbocycles. The lowest BCUT2D eigenvalue weighted by Gasteiger charge is -2.12. The molecule has 2 aromatic carbocycles. The molecule has 0 atom stereocenters. The molecule has 2 rings (SSSR count). The van der Waals surface area contributed by atoms with Gasteiger partial charge in [0.05, 0.1) is 22.9 Å². The first-order chi connectivity index (χ1) is 10.5. The topological polar surface area (TPSA) is 72.5 Å². The van der Waals surface area contributed by atoms with E-state index in [1.165, 1.54) is 24.3 Å². The number of para-hydroxylation sites is 1. The Morgan fingerprint density at radius 2 is 1.77 bits per heavy atom. The van der Waals surface area contributed by atoms with Crippen LogP contribution >= 0.6 is 11.6 Å². The smallest absolute Gasteiger partial charge is 0.340 e. The minimum absolute atomic E-state index is 0.0599. The van der Waals surface area contributed by atoms with E-state index >= 15 is 0 Å². The summed E-state index contributed by atoms with van der Waals surface area (Å²) in [5.74, 6) is -0.597. The van der Waals surface area contributed by atoms with Crippen LogP contribution in [0, 0.1) is 0 Å². The molecule has 1 N–H and O–H groups in total. The van der Waals surface area contributed by atoms with Crippen molar-refractivity contribution in [3.8, 4) is 0 Å². The highest BCUT2D eigenvalue weighted by Crippen LogP contribution is 2.25. The van der Waals surface area contributed by atoms with E-state index in [9.17, 15) is 13.2 Å². The lowest BCUT2D eigenvalue weighted by Crippen LogP contribution is -2.16. The second-order valence-corrected chi connectivity index (χ2v) is 6.36. The predicted molar refractivity (Wildman–Crippen MR) is 84.7 cm³/mol. The highest BCUT2D eigenvalue weighted by atomic mass is 35.5. The van der Waals surface area contributed by atoms with E-state index in [1.54, 1.807) is 31.2 Å². The van der Waals surface area contributed by atoms with Gasteiger partial charge in [-0.15, -0.1) is 0 Å². The quantitative estimate of drug-likeness (QED) is 0.848. The highest BCUT2D eigenvalue weighted by molar-refractivity contribution is 7.92. The molecule has 5 nitrogen and oxygen atoms in total. The standard InChI is InChI=1S/C15H14ClNO4S/c1-2-21-15(18)11-7-3-5-9-13(11)17-22(19,20)14-10-6-4-8-12(14)16/h3-10,17H,2H2,1H3. The molecule has 22 heavy (non-hydrogen) atoms. The van der Waals surface area contributed by atoms with Gasteiger partial charge in [0.25, 0.3) is 10.0 Å². The van der Waals surface area contributed by atoms with E-state index in [4.69, 9.17) is 16.3 Å². The van der Waals surface area contributed by atoms with E-state index in [1.807, 2.05) is 0 Å². The van der Waals surface area contributed by atoms with Gasteiger partial charge in [0.1, 0.15) is 4.90 Å². The van der Waals surface area contributed by atoms with Gasteiger partial charge >= 0.3 is 5.97 Å². The van der Waals surface area contributed by atoms with Crippen molar-refractivity contribution in [3.63, 3.8) is 0 Å². The summed E-state index contributed by atoms with van der Waals surface area (Å²) >= 11 is 5.92. The number of benzene rings is 2. The molecule has 0 spiro atoms. The average molecular weight is 340 g/mol. The molecule has 0 unspecified atom stereocenters. The van der Waals surface area contributed by atoms with Crippen LogP contribution < -0.4 is 4.72 Å². The number of halogens is 1. The normalized spacial score (nSPS) is 11.0. The van der Waals surface area contributed by atoms with Crippen LogP contribution in [0.2, 0.25) is 5.02 Å². The molecule has 0 aliphatic heterocycles. The second kappa shape index (κ2) is 6.81. The van der Waals surface area contributed by atoms with Crippen LogP contribution in [-0.4, -0.2) is 21.0 Å². The Balaban J connectivity index is 2.39. The molecule has 0 saturated heterocycles. The van der Waals surface area contributed by atoms with Crippen LogP contribution in [0.25, 0.3) is 0 Å². The van der Waals surface area contributed by atoms with Crippen LogP contribution in [0.1, 0.15) is 17.3 Å². The summed E-state index contributed by atoms with van der Waals surface area (Å²) < 4.78 is 32.1. The molecule has 0 radical (unpaired) electrons. The first-order valence-electron chi connectivity index (χ1n) is 6.49. The molecular formula is C15H14ClNO4S. The summed E-state index contributed by atoms with van der Waals surface area (Å²) in [6, 6.07) is 12.3. The van der Waals surface area contributed by atoms with Crippen molar-refractivity contribution in [2.24, 2.45) is 0 Å². The first kappa shape index (κ1) is 16.3. The maximum Gasteiger partial charge on any atom is 0.340 e. The summed E-state index contributed by atoms with van der Waals surface area (Å²) in [6.45, 7) is 1.87. The molecule has 2 aromatic rings. The van der Waals surface area contributed by atoms with E-state index in [2.05, 4.69) is 4.72 Å². The maximum atomic E-state index is 12.4. The minimum atomic E-state index is -3.90. The van der Waals surface area contributed by atoms with E-state index in [-0.39, 0.29) is 27.8 Å². The van der Waals surface area contributed by atoms with Crippen LogP contribution in [0.3, 0.4) is 0 Å². The average Bonchev–Trinajstić information content (AvgIpc) is 2.48. The van der Waals surface area contributed by atoms with Gasteiger partial charge in [0, 0.05) is 0 Å². The van der Waals surface area contributed by atoms with Gasteiger partial charge in [-0.1, -0.05) is 35.9 Å². The number of ether oxygens (including phenoxy) is 1. The maximum absolute atomic E-state index is 12.4. The lowest BCUT2D eigenvalue weighted by molar-refractivity contribution is 0.0527. The second-order valence-electron chi connectivity index (χ2n) is 4.30. The van der Waals surface area contributed by atoms with E-state index in [0.717, 1.165) is 0 Å². The molecule has 0 bridgehead atoms. The van der Waals surface area contributed by atoms with Crippen molar-refractivity contribution in [2.75, 3.05) is 11.3 Å². The monoisotopic (exact) mass is 339 g/mol. The number of anilines is 1. The van der Waals surface area contributed by atoms with Gasteiger partial charge in [-0.2, -0.15) is 0 Å². The third-order valence-electron chi connectivity index (χ3n) is 2.79. The SMILES string of the molecule is CCOC(=O)c1ccccc1NS(=O)(=O)c1ccccc1Cl.